The van der Waals surface area contributed by atoms with E-state index >= 15 is 0 Å². The molecule has 0 aliphatic carbocycles. The van der Waals surface area contributed by atoms with E-state index in [1.165, 1.54) is 12.1 Å². The molecule has 1 aromatic rings. The van der Waals surface area contributed by atoms with Crippen LogP contribution < -0.4 is 11.1 Å². The van der Waals surface area contributed by atoms with Crippen LogP contribution in [0.25, 0.3) is 0 Å². The van der Waals surface area contributed by atoms with Crippen LogP contribution in [0.3, 0.4) is 0 Å². The van der Waals surface area contributed by atoms with E-state index in [-0.39, 0.29) is 16.4 Å². The van der Waals surface area contributed by atoms with Gasteiger partial charge in [0, 0.05) is 11.1 Å². The minimum Gasteiger partial charge on any atom is -0.373 e. The first-order chi connectivity index (χ1) is 7.85. The van der Waals surface area contributed by atoms with Gasteiger partial charge in [0.05, 0.1) is 18.0 Å². The van der Waals surface area contributed by atoms with Crippen LogP contribution in [0.4, 0.5) is 20.2 Å². The molecule has 0 saturated heterocycles. The number of halogens is 3. The molecule has 0 atom stereocenters. The maximum atomic E-state index is 12.9. The second-order valence-electron chi connectivity index (χ2n) is 3.33. The minimum absolute atomic E-state index is 0.0596. The molecule has 17 heavy (non-hydrogen) atoms. The lowest BCUT2D eigenvalue weighted by Crippen LogP contribution is -2.35. The number of hydrogen-bond donors (Lipinski definition) is 2. The molecule has 0 saturated carbocycles. The van der Waals surface area contributed by atoms with Crippen molar-refractivity contribution in [1.82, 2.24) is 0 Å². The highest BCUT2D eigenvalue weighted by Gasteiger charge is 2.27. The van der Waals surface area contributed by atoms with Gasteiger partial charge < -0.3 is 11.1 Å². The summed E-state index contributed by atoms with van der Waals surface area (Å²) in [6, 6.07) is 3.67. The Hall–Kier alpha value is -1.47. The summed E-state index contributed by atoms with van der Waals surface area (Å²) in [5.74, 6) is -3.13. The maximum Gasteiger partial charge on any atom is 0.292 e. The second kappa shape index (κ2) is 5.24. The lowest BCUT2D eigenvalue weighted by molar-refractivity contribution is -0.384. The van der Waals surface area contributed by atoms with E-state index in [9.17, 15) is 18.9 Å². The molecule has 0 aromatic heterocycles. The summed E-state index contributed by atoms with van der Waals surface area (Å²) >= 11 is 5.63. The van der Waals surface area contributed by atoms with Crippen molar-refractivity contribution in [1.29, 1.82) is 0 Å². The van der Waals surface area contributed by atoms with Crippen LogP contribution >= 0.6 is 11.6 Å². The summed E-state index contributed by atoms with van der Waals surface area (Å²) in [6.07, 6.45) is 0. The monoisotopic (exact) mass is 265 g/mol. The topological polar surface area (TPSA) is 81.2 Å². The van der Waals surface area contributed by atoms with Gasteiger partial charge >= 0.3 is 0 Å². The van der Waals surface area contributed by atoms with Gasteiger partial charge in [0.1, 0.15) is 5.69 Å². The first-order valence-electron chi connectivity index (χ1n) is 4.61. The number of nitrogens with two attached hydrogens (primary N) is 1. The van der Waals surface area contributed by atoms with Gasteiger partial charge in [-0.15, -0.1) is 0 Å². The third kappa shape index (κ3) is 3.79. The zero-order valence-electron chi connectivity index (χ0n) is 8.62. The third-order valence-electron chi connectivity index (χ3n) is 1.99. The summed E-state index contributed by atoms with van der Waals surface area (Å²) in [4.78, 5) is 9.96. The molecular formula is C9H10ClF2N3O2. The van der Waals surface area contributed by atoms with Gasteiger partial charge in [-0.3, -0.25) is 10.1 Å². The molecule has 0 amide bonds. The summed E-state index contributed by atoms with van der Waals surface area (Å²) in [5.41, 5.74) is 4.47. The van der Waals surface area contributed by atoms with Crippen molar-refractivity contribution in [2.24, 2.45) is 5.73 Å². The number of anilines is 1. The van der Waals surface area contributed by atoms with Crippen molar-refractivity contribution in [2.75, 3.05) is 18.4 Å². The van der Waals surface area contributed by atoms with Gasteiger partial charge in [0.2, 0.25) is 0 Å². The van der Waals surface area contributed by atoms with Gasteiger partial charge in [-0.05, 0) is 12.1 Å². The first-order valence-corrected chi connectivity index (χ1v) is 4.99. The lowest BCUT2D eigenvalue weighted by atomic mass is 10.2. The van der Waals surface area contributed by atoms with Crippen LogP contribution in [-0.2, 0) is 0 Å². The standard InChI is InChI=1S/C9H10ClF2N3O2/c10-6-1-2-8(15(16)17)7(3-6)14-5-9(11,12)4-13/h1-3,14H,4-5,13H2. The quantitative estimate of drug-likeness (QED) is 0.632. The van der Waals surface area contributed by atoms with E-state index < -0.39 is 23.9 Å². The molecule has 0 radical (unpaired) electrons. The van der Waals surface area contributed by atoms with Crippen LogP contribution in [-0.4, -0.2) is 23.9 Å². The van der Waals surface area contributed by atoms with Gasteiger partial charge in [-0.25, -0.2) is 8.78 Å². The predicted molar refractivity (Wildman–Crippen MR) is 60.6 cm³/mol. The smallest absolute Gasteiger partial charge is 0.292 e. The SMILES string of the molecule is NCC(F)(F)CNc1cc(Cl)ccc1[N+](=O)[O-]. The Morgan fingerprint density at radius 3 is 2.71 bits per heavy atom. The number of nitrogens with zero attached hydrogens (tertiary/aromatic N) is 1. The Balaban J connectivity index is 2.89. The Labute approximate surface area is 101 Å². The number of nitrogens with one attached hydrogen (secondary N) is 1. The number of alkyl halides is 2. The maximum absolute atomic E-state index is 12.9. The molecule has 0 spiro atoms. The molecule has 0 aliphatic rings. The minimum atomic E-state index is -3.13. The van der Waals surface area contributed by atoms with E-state index in [0.29, 0.717) is 0 Å². The van der Waals surface area contributed by atoms with Gasteiger partial charge in [-0.1, -0.05) is 11.6 Å². The normalized spacial score (nSPS) is 11.3. The molecule has 0 aliphatic heterocycles. The number of rotatable bonds is 5. The van der Waals surface area contributed by atoms with Crippen LogP contribution in [0, 0.1) is 10.1 Å². The van der Waals surface area contributed by atoms with Crippen LogP contribution in [0.15, 0.2) is 18.2 Å². The molecule has 0 bridgehead atoms. The van der Waals surface area contributed by atoms with E-state index in [1.54, 1.807) is 0 Å². The number of nitro benzene ring substituents is 1. The summed E-state index contributed by atoms with van der Waals surface area (Å²) in [6.45, 7) is -1.63. The fourth-order valence-corrected chi connectivity index (χ4v) is 1.28. The highest BCUT2D eigenvalue weighted by Crippen LogP contribution is 2.28. The van der Waals surface area contributed by atoms with E-state index in [0.717, 1.165) is 6.07 Å². The molecule has 5 nitrogen and oxygen atoms in total. The average Bonchev–Trinajstić information content (AvgIpc) is 2.26. The molecule has 1 aromatic carbocycles. The van der Waals surface area contributed by atoms with Crippen molar-refractivity contribution in [3.8, 4) is 0 Å². The second-order valence-corrected chi connectivity index (χ2v) is 3.77. The number of hydrogen-bond acceptors (Lipinski definition) is 4. The van der Waals surface area contributed by atoms with Gasteiger partial charge in [-0.2, -0.15) is 0 Å². The molecule has 0 unspecified atom stereocenters. The van der Waals surface area contributed by atoms with Crippen molar-refractivity contribution in [2.45, 2.75) is 5.92 Å². The van der Waals surface area contributed by atoms with Crippen molar-refractivity contribution in [3.63, 3.8) is 0 Å². The van der Waals surface area contributed by atoms with Crippen LogP contribution in [0.1, 0.15) is 0 Å². The summed E-state index contributed by atoms with van der Waals surface area (Å²) in [5, 5.41) is 13.1. The van der Waals surface area contributed by atoms with Gasteiger partial charge in [0.15, 0.2) is 0 Å². The van der Waals surface area contributed by atoms with E-state index in [4.69, 9.17) is 17.3 Å². The Kier molecular flexibility index (Phi) is 4.19. The van der Waals surface area contributed by atoms with Crippen molar-refractivity contribution in [3.05, 3.63) is 33.3 Å². The highest BCUT2D eigenvalue weighted by atomic mass is 35.5. The van der Waals surface area contributed by atoms with Crippen molar-refractivity contribution >= 4 is 23.0 Å². The highest BCUT2D eigenvalue weighted by molar-refractivity contribution is 6.31. The van der Waals surface area contributed by atoms with Crippen LogP contribution in [0.5, 0.6) is 0 Å². The van der Waals surface area contributed by atoms with E-state index in [1.807, 2.05) is 0 Å². The molecule has 1 rings (SSSR count). The zero-order valence-corrected chi connectivity index (χ0v) is 9.38. The third-order valence-corrected chi connectivity index (χ3v) is 2.23. The molecule has 8 heteroatoms. The Morgan fingerprint density at radius 2 is 2.18 bits per heavy atom. The fourth-order valence-electron chi connectivity index (χ4n) is 1.11. The molecule has 0 fully saturated rings. The summed E-state index contributed by atoms with van der Waals surface area (Å²) in [7, 11) is 0. The largest absolute Gasteiger partial charge is 0.373 e. The Bertz CT molecular complexity index is 429. The Morgan fingerprint density at radius 1 is 1.53 bits per heavy atom. The number of benzene rings is 1. The van der Waals surface area contributed by atoms with Crippen LogP contribution in [0.2, 0.25) is 5.02 Å². The average molecular weight is 266 g/mol. The molecule has 94 valence electrons. The first kappa shape index (κ1) is 13.6. The fraction of sp³-hybridized carbons (Fsp3) is 0.333. The predicted octanol–water partition coefficient (Wildman–Crippen LogP) is 2.25. The molecule has 0 heterocycles. The lowest BCUT2D eigenvalue weighted by Gasteiger charge is -2.15. The molecule has 3 N–H and O–H groups in total. The number of nitro groups is 1. The zero-order chi connectivity index (χ0) is 13.1. The van der Waals surface area contributed by atoms with Crippen molar-refractivity contribution < 1.29 is 13.7 Å². The molecular weight excluding hydrogens is 256 g/mol. The van der Waals surface area contributed by atoms with E-state index in [2.05, 4.69) is 5.32 Å². The summed E-state index contributed by atoms with van der Waals surface area (Å²) < 4.78 is 25.8. The van der Waals surface area contributed by atoms with Gasteiger partial charge in [0.25, 0.3) is 11.6 Å².